The summed E-state index contributed by atoms with van der Waals surface area (Å²) in [6.45, 7) is 7.46. The first kappa shape index (κ1) is 27.6. The zero-order valence-electron chi connectivity index (χ0n) is 22.0. The highest BCUT2D eigenvalue weighted by Gasteiger charge is 2.78. The highest BCUT2D eigenvalue weighted by Crippen LogP contribution is 2.71. The molecular formula is C28H36F2O7. The predicted octanol–water partition coefficient (Wildman–Crippen LogP) is 3.77. The van der Waals surface area contributed by atoms with Crippen LogP contribution in [0.2, 0.25) is 0 Å². The second-order valence-corrected chi connectivity index (χ2v) is 11.5. The van der Waals surface area contributed by atoms with Gasteiger partial charge >= 0.3 is 11.9 Å². The number of aliphatic hydroxyl groups is 1. The number of carbonyl (C=O) groups excluding carboxylic acids is 4. The summed E-state index contributed by atoms with van der Waals surface area (Å²) in [6.07, 6.45) is 0.185. The number of fused-ring (bicyclic) bond motifs is 5. The zero-order chi connectivity index (χ0) is 27.6. The minimum absolute atomic E-state index is 0.0127. The average Bonchev–Trinajstić information content (AvgIpc) is 3.07. The number of hydrogen-bond acceptors (Lipinski definition) is 7. The maximum atomic E-state index is 17.4. The second kappa shape index (κ2) is 9.10. The van der Waals surface area contributed by atoms with Crippen LogP contribution in [-0.2, 0) is 28.7 Å². The number of allylic oxidation sites excluding steroid dienone is 4. The van der Waals surface area contributed by atoms with Gasteiger partial charge in [-0.05, 0) is 49.8 Å². The second-order valence-electron chi connectivity index (χ2n) is 11.5. The van der Waals surface area contributed by atoms with E-state index < -0.39 is 82.2 Å². The van der Waals surface area contributed by atoms with Crippen LogP contribution < -0.4 is 0 Å². The van der Waals surface area contributed by atoms with E-state index in [1.165, 1.54) is 19.1 Å². The lowest BCUT2D eigenvalue weighted by atomic mass is 9.44. The number of hydrogen-bond donors (Lipinski definition) is 1. The lowest BCUT2D eigenvalue weighted by Crippen LogP contribution is -2.71. The topological polar surface area (TPSA) is 107 Å². The Hall–Kier alpha value is -2.42. The van der Waals surface area contributed by atoms with Crippen molar-refractivity contribution in [3.05, 3.63) is 23.8 Å². The van der Waals surface area contributed by atoms with Gasteiger partial charge < -0.3 is 14.6 Å². The van der Waals surface area contributed by atoms with Crippen LogP contribution in [0.4, 0.5) is 8.78 Å². The van der Waals surface area contributed by atoms with E-state index in [2.05, 4.69) is 0 Å². The summed E-state index contributed by atoms with van der Waals surface area (Å²) in [5.74, 6) is -4.56. The standard InChI is InChI=1S/C28H36F2O7/c1-6-23(34)36-14-22(33)28(37-24(35)7-2)15(3)10-17-18-12-20(29)19-11-16(31)8-9-25(19,4)27(18,30)21(32)13-26(17,28)5/h8-9,11,15,17-18,20-21,32H,6-7,10,12-14H2,1-5H3/t15-,17+,18+,20+,21+,25+,26+,27+,28-/m1/s1. The molecule has 0 aromatic carbocycles. The van der Waals surface area contributed by atoms with Gasteiger partial charge in [0, 0.05) is 35.5 Å². The summed E-state index contributed by atoms with van der Waals surface area (Å²) in [4.78, 5) is 50.3. The van der Waals surface area contributed by atoms with Crippen molar-refractivity contribution in [1.29, 1.82) is 0 Å². The molecule has 0 unspecified atom stereocenters. The normalized spacial score (nSPS) is 44.3. The Morgan fingerprint density at radius 2 is 1.76 bits per heavy atom. The molecule has 0 aromatic rings. The lowest BCUT2D eigenvalue weighted by Gasteiger charge is -2.63. The fraction of sp³-hybridized carbons (Fsp3) is 0.714. The molecule has 0 radical (unpaired) electrons. The molecule has 7 nitrogen and oxygen atoms in total. The van der Waals surface area contributed by atoms with Crippen molar-refractivity contribution in [2.75, 3.05) is 6.61 Å². The smallest absolute Gasteiger partial charge is 0.306 e. The van der Waals surface area contributed by atoms with E-state index in [0.29, 0.717) is 0 Å². The van der Waals surface area contributed by atoms with Crippen LogP contribution in [-0.4, -0.2) is 58.8 Å². The summed E-state index contributed by atoms with van der Waals surface area (Å²) in [5.41, 5.74) is -6.90. The number of Topliss-reactive ketones (excluding diaryl/α,β-unsaturated/α-hetero) is 1. The van der Waals surface area contributed by atoms with E-state index in [-0.39, 0.29) is 37.7 Å². The summed E-state index contributed by atoms with van der Waals surface area (Å²) in [6, 6.07) is 0. The SMILES string of the molecule is CCC(=O)OCC(=O)[C@]1(OC(=O)CC)[C@H](C)C[C@H]2[C@@H]3C[C@H](F)C4=CC(=O)C=C[C@]4(C)[C@@]3(F)[C@@H](O)C[C@@]21C. The minimum Gasteiger partial charge on any atom is -0.457 e. The van der Waals surface area contributed by atoms with Crippen molar-refractivity contribution >= 4 is 23.5 Å². The molecule has 3 fully saturated rings. The average molecular weight is 523 g/mol. The molecule has 9 heteroatoms. The van der Waals surface area contributed by atoms with Crippen LogP contribution in [0, 0.1) is 28.6 Å². The van der Waals surface area contributed by atoms with Crippen molar-refractivity contribution in [1.82, 2.24) is 0 Å². The molecule has 37 heavy (non-hydrogen) atoms. The zero-order valence-corrected chi connectivity index (χ0v) is 22.0. The van der Waals surface area contributed by atoms with Gasteiger partial charge in [0.15, 0.2) is 23.7 Å². The molecule has 0 bridgehead atoms. The van der Waals surface area contributed by atoms with Gasteiger partial charge in [0.1, 0.15) is 6.17 Å². The molecule has 4 aliphatic carbocycles. The van der Waals surface area contributed by atoms with Crippen molar-refractivity contribution < 1.29 is 42.5 Å². The monoisotopic (exact) mass is 522 g/mol. The molecule has 0 aromatic heterocycles. The number of ketones is 2. The van der Waals surface area contributed by atoms with E-state index in [9.17, 15) is 24.3 Å². The number of halogens is 2. The van der Waals surface area contributed by atoms with Crippen LogP contribution in [0.15, 0.2) is 23.8 Å². The van der Waals surface area contributed by atoms with Gasteiger partial charge in [-0.3, -0.25) is 19.2 Å². The summed E-state index contributed by atoms with van der Waals surface area (Å²) in [7, 11) is 0. The quantitative estimate of drug-likeness (QED) is 0.529. The van der Waals surface area contributed by atoms with Gasteiger partial charge in [-0.2, -0.15) is 0 Å². The Kier molecular flexibility index (Phi) is 6.79. The minimum atomic E-state index is -2.31. The Balaban J connectivity index is 1.83. The molecule has 3 saturated carbocycles. The van der Waals surface area contributed by atoms with Gasteiger partial charge in [-0.25, -0.2) is 8.78 Å². The summed E-state index contributed by atoms with van der Waals surface area (Å²) in [5, 5.41) is 11.5. The van der Waals surface area contributed by atoms with E-state index in [1.807, 2.05) is 0 Å². The molecule has 4 rings (SSSR count). The molecule has 0 heterocycles. The van der Waals surface area contributed by atoms with E-state index >= 15 is 8.78 Å². The number of alkyl halides is 2. The Bertz CT molecular complexity index is 1080. The molecule has 1 N–H and O–H groups in total. The summed E-state index contributed by atoms with van der Waals surface area (Å²) >= 11 is 0. The van der Waals surface area contributed by atoms with Gasteiger partial charge in [-0.15, -0.1) is 0 Å². The Morgan fingerprint density at radius 1 is 1.11 bits per heavy atom. The third-order valence-corrected chi connectivity index (χ3v) is 9.80. The molecule has 4 aliphatic rings. The van der Waals surface area contributed by atoms with Gasteiger partial charge in [0.25, 0.3) is 0 Å². The fourth-order valence-corrected chi connectivity index (χ4v) is 8.00. The first-order valence-corrected chi connectivity index (χ1v) is 13.1. The largest absolute Gasteiger partial charge is 0.457 e. The highest BCUT2D eigenvalue weighted by atomic mass is 19.1. The van der Waals surface area contributed by atoms with Gasteiger partial charge in [0.2, 0.25) is 5.78 Å². The number of aliphatic hydroxyl groups excluding tert-OH is 1. The lowest BCUT2D eigenvalue weighted by molar-refractivity contribution is -0.231. The molecule has 0 saturated heterocycles. The van der Waals surface area contributed by atoms with Crippen LogP contribution in [0.3, 0.4) is 0 Å². The maximum Gasteiger partial charge on any atom is 0.306 e. The van der Waals surface area contributed by atoms with Crippen molar-refractivity contribution in [2.24, 2.45) is 28.6 Å². The van der Waals surface area contributed by atoms with Gasteiger partial charge in [-0.1, -0.05) is 33.8 Å². The number of esters is 2. The van der Waals surface area contributed by atoms with Crippen molar-refractivity contribution in [3.8, 4) is 0 Å². The van der Waals surface area contributed by atoms with E-state index in [4.69, 9.17) is 9.47 Å². The van der Waals surface area contributed by atoms with Crippen molar-refractivity contribution in [2.45, 2.75) is 90.3 Å². The predicted molar refractivity (Wildman–Crippen MR) is 129 cm³/mol. The first-order chi connectivity index (χ1) is 17.2. The third kappa shape index (κ3) is 3.59. The third-order valence-electron chi connectivity index (χ3n) is 9.80. The number of carbonyl (C=O) groups is 4. The van der Waals surface area contributed by atoms with E-state index in [0.717, 1.165) is 6.08 Å². The molecule has 0 aliphatic heterocycles. The van der Waals surface area contributed by atoms with Gasteiger partial charge in [0.05, 0.1) is 6.10 Å². The fourth-order valence-electron chi connectivity index (χ4n) is 8.00. The number of ether oxygens (including phenoxy) is 2. The number of rotatable bonds is 6. The summed E-state index contributed by atoms with van der Waals surface area (Å²) < 4.78 is 44.0. The molecule has 9 atom stereocenters. The van der Waals surface area contributed by atoms with Crippen LogP contribution in [0.1, 0.15) is 66.7 Å². The first-order valence-electron chi connectivity index (χ1n) is 13.1. The molecule has 0 spiro atoms. The Morgan fingerprint density at radius 3 is 2.38 bits per heavy atom. The molecule has 0 amide bonds. The van der Waals surface area contributed by atoms with E-state index in [1.54, 1.807) is 27.7 Å². The highest BCUT2D eigenvalue weighted by molar-refractivity contribution is 6.01. The van der Waals surface area contributed by atoms with Crippen LogP contribution in [0.25, 0.3) is 0 Å². The van der Waals surface area contributed by atoms with Crippen molar-refractivity contribution in [3.63, 3.8) is 0 Å². The molecular weight excluding hydrogens is 486 g/mol. The Labute approximate surface area is 215 Å². The van der Waals surface area contributed by atoms with Crippen LogP contribution >= 0.6 is 0 Å². The molecule has 204 valence electrons. The maximum absolute atomic E-state index is 17.4. The van der Waals surface area contributed by atoms with Crippen LogP contribution in [0.5, 0.6) is 0 Å².